The van der Waals surface area contributed by atoms with E-state index in [-0.39, 0.29) is 12.1 Å². The van der Waals surface area contributed by atoms with Gasteiger partial charge in [0, 0.05) is 28.5 Å². The summed E-state index contributed by atoms with van der Waals surface area (Å²) in [6.07, 6.45) is 12.7. The monoisotopic (exact) mass is 776 g/mol. The van der Waals surface area contributed by atoms with Gasteiger partial charge in [0.05, 0.1) is 6.04 Å². The molecule has 4 aliphatic rings. The Balaban J connectivity index is 0.868. The van der Waals surface area contributed by atoms with Crippen LogP contribution in [-0.2, 0) is 11.2 Å². The van der Waals surface area contributed by atoms with E-state index in [0.717, 1.165) is 54.2 Å². The van der Waals surface area contributed by atoms with Crippen molar-refractivity contribution in [2.24, 2.45) is 16.8 Å². The molecule has 11 rings (SSSR count). The van der Waals surface area contributed by atoms with E-state index >= 15 is 0 Å². The Hall–Kier alpha value is -6.71. The molecule has 7 aromatic carbocycles. The van der Waals surface area contributed by atoms with E-state index in [2.05, 4.69) is 205 Å². The van der Waals surface area contributed by atoms with Gasteiger partial charge in [0.25, 0.3) is 0 Å². The zero-order valence-electron chi connectivity index (χ0n) is 33.8. The predicted molar refractivity (Wildman–Crippen MR) is 249 cm³/mol. The van der Waals surface area contributed by atoms with Crippen molar-refractivity contribution in [1.82, 2.24) is 0 Å². The fourth-order valence-electron chi connectivity index (χ4n) is 10.3. The molecule has 1 heterocycles. The van der Waals surface area contributed by atoms with Gasteiger partial charge in [0.2, 0.25) is 5.90 Å². The maximum absolute atomic E-state index is 6.66. The van der Waals surface area contributed by atoms with E-state index in [4.69, 9.17) is 9.73 Å². The quantitative estimate of drug-likeness (QED) is 0.154. The summed E-state index contributed by atoms with van der Waals surface area (Å²) >= 11 is 0. The second-order valence-electron chi connectivity index (χ2n) is 16.9. The Morgan fingerprint density at radius 3 is 2.03 bits per heavy atom. The SMILES string of the molecule is C1=CC(c2ccc(N(c3ccccc3)c3cccc(-c4ccccc4C4=CCC5CCC6OC(c7ccc(-c8ccccc8)cc7)=NC6C5C4)c3)cc2)Cc2ccccc21. The number of nitrogens with zero attached hydrogens (tertiary/aromatic N) is 2. The second kappa shape index (κ2) is 15.8. The fourth-order valence-corrected chi connectivity index (χ4v) is 10.3. The van der Waals surface area contributed by atoms with Gasteiger partial charge in [-0.15, -0.1) is 0 Å². The van der Waals surface area contributed by atoms with Crippen LogP contribution in [0, 0.1) is 11.8 Å². The average Bonchev–Trinajstić information content (AvgIpc) is 3.78. The molecule has 0 amide bonds. The van der Waals surface area contributed by atoms with Crippen molar-refractivity contribution in [1.29, 1.82) is 0 Å². The van der Waals surface area contributed by atoms with Crippen LogP contribution in [0.2, 0.25) is 0 Å². The van der Waals surface area contributed by atoms with Crippen LogP contribution in [0.25, 0.3) is 33.9 Å². The molecule has 3 heteroatoms. The van der Waals surface area contributed by atoms with Gasteiger partial charge in [-0.05, 0) is 143 Å². The summed E-state index contributed by atoms with van der Waals surface area (Å²) in [7, 11) is 0. The molecule has 1 aliphatic heterocycles. The molecule has 5 atom stereocenters. The maximum atomic E-state index is 6.66. The number of aliphatic imine (C=N–C) groups is 1. The number of anilines is 3. The largest absolute Gasteiger partial charge is 0.472 e. The molecule has 0 bridgehead atoms. The van der Waals surface area contributed by atoms with Crippen LogP contribution in [0.1, 0.15) is 59.4 Å². The van der Waals surface area contributed by atoms with E-state index < -0.39 is 0 Å². The molecule has 0 N–H and O–H groups in total. The van der Waals surface area contributed by atoms with Crippen LogP contribution in [0.5, 0.6) is 0 Å². The van der Waals surface area contributed by atoms with Gasteiger partial charge in [0.1, 0.15) is 6.10 Å². The maximum Gasteiger partial charge on any atom is 0.216 e. The van der Waals surface area contributed by atoms with Gasteiger partial charge >= 0.3 is 0 Å². The van der Waals surface area contributed by atoms with Gasteiger partial charge in [-0.25, -0.2) is 4.99 Å². The minimum atomic E-state index is 0.148. The summed E-state index contributed by atoms with van der Waals surface area (Å²) in [5.41, 5.74) is 16.3. The number of benzene rings is 7. The first kappa shape index (κ1) is 36.4. The summed E-state index contributed by atoms with van der Waals surface area (Å²) in [6.45, 7) is 0. The van der Waals surface area contributed by atoms with E-state index in [9.17, 15) is 0 Å². The number of fused-ring (bicyclic) bond motifs is 4. The van der Waals surface area contributed by atoms with Crippen LogP contribution >= 0.6 is 0 Å². The number of hydrogen-bond donors (Lipinski definition) is 0. The Kier molecular flexibility index (Phi) is 9.58. The number of allylic oxidation sites excluding steroid dienone is 3. The predicted octanol–water partition coefficient (Wildman–Crippen LogP) is 14.3. The topological polar surface area (TPSA) is 24.8 Å². The van der Waals surface area contributed by atoms with Crippen molar-refractivity contribution >= 4 is 34.6 Å². The third-order valence-corrected chi connectivity index (χ3v) is 13.4. The highest BCUT2D eigenvalue weighted by Gasteiger charge is 2.45. The second-order valence-corrected chi connectivity index (χ2v) is 16.9. The normalized spacial score (nSPS) is 21.4. The highest BCUT2D eigenvalue weighted by atomic mass is 16.5. The molecule has 0 radical (unpaired) electrons. The smallest absolute Gasteiger partial charge is 0.216 e. The lowest BCUT2D eigenvalue weighted by atomic mass is 9.67. The zero-order chi connectivity index (χ0) is 39.8. The first-order valence-corrected chi connectivity index (χ1v) is 21.7. The van der Waals surface area contributed by atoms with Gasteiger partial charge in [-0.1, -0.05) is 152 Å². The Morgan fingerprint density at radius 1 is 0.533 bits per heavy atom. The van der Waals surface area contributed by atoms with Crippen molar-refractivity contribution in [2.45, 2.75) is 50.2 Å². The summed E-state index contributed by atoms with van der Waals surface area (Å²) in [5.74, 6) is 2.27. The lowest BCUT2D eigenvalue weighted by Crippen LogP contribution is -2.41. The minimum Gasteiger partial charge on any atom is -0.472 e. The molecular weight excluding hydrogens is 729 g/mol. The molecule has 3 nitrogen and oxygen atoms in total. The lowest BCUT2D eigenvalue weighted by Gasteiger charge is -2.40. The first-order valence-electron chi connectivity index (χ1n) is 21.7. The molecule has 0 saturated heterocycles. The van der Waals surface area contributed by atoms with Crippen LogP contribution < -0.4 is 4.90 Å². The van der Waals surface area contributed by atoms with Crippen molar-refractivity contribution in [2.75, 3.05) is 4.90 Å². The first-order chi connectivity index (χ1) is 29.7. The van der Waals surface area contributed by atoms with E-state index in [0.29, 0.717) is 17.8 Å². The number of para-hydroxylation sites is 1. The Bertz CT molecular complexity index is 2730. The van der Waals surface area contributed by atoms with Gasteiger partial charge in [-0.2, -0.15) is 0 Å². The zero-order valence-corrected chi connectivity index (χ0v) is 33.8. The standard InChI is InChI=1S/C57H48N2O/c1-3-12-39(13-4-1)41-22-26-44(27-23-41)57-58-56-54-38-48(29-25-43(54)32-35-55(56)60-57)53-21-10-9-20-52(53)47-16-11-19-51(37-47)59(49-17-5-2-6-18-49)50-33-30-42(31-34-50)46-28-24-40-14-7-8-15-45(40)36-46/h1-24,26-31,33-34,37,43,46,54-56H,25,32,35-36,38H2. The molecule has 1 saturated carbocycles. The van der Waals surface area contributed by atoms with Crippen LogP contribution in [0.4, 0.5) is 17.1 Å². The molecule has 0 aromatic heterocycles. The van der Waals surface area contributed by atoms with Crippen molar-refractivity contribution in [3.8, 4) is 22.3 Å². The molecule has 5 unspecified atom stereocenters. The average molecular weight is 777 g/mol. The van der Waals surface area contributed by atoms with E-state index in [1.165, 1.54) is 56.5 Å². The van der Waals surface area contributed by atoms with Crippen LogP contribution in [0.15, 0.2) is 199 Å². The van der Waals surface area contributed by atoms with Crippen molar-refractivity contribution in [3.05, 3.63) is 222 Å². The van der Waals surface area contributed by atoms with Crippen LogP contribution in [0.3, 0.4) is 0 Å². The van der Waals surface area contributed by atoms with Crippen molar-refractivity contribution in [3.63, 3.8) is 0 Å². The lowest BCUT2D eigenvalue weighted by molar-refractivity contribution is 0.0808. The third-order valence-electron chi connectivity index (χ3n) is 13.4. The van der Waals surface area contributed by atoms with Gasteiger partial charge in [0.15, 0.2) is 0 Å². The fraction of sp³-hybridized carbons (Fsp3) is 0.175. The molecule has 0 spiro atoms. The molecule has 3 aliphatic carbocycles. The molecule has 292 valence electrons. The summed E-state index contributed by atoms with van der Waals surface area (Å²) in [5, 5.41) is 0. The summed E-state index contributed by atoms with van der Waals surface area (Å²) in [4.78, 5) is 7.75. The molecule has 7 aromatic rings. The number of ether oxygens (including phenoxy) is 1. The number of rotatable bonds is 8. The summed E-state index contributed by atoms with van der Waals surface area (Å²) in [6, 6.07) is 66.3. The Morgan fingerprint density at radius 2 is 1.20 bits per heavy atom. The Labute approximate surface area is 354 Å². The minimum absolute atomic E-state index is 0.148. The van der Waals surface area contributed by atoms with Crippen LogP contribution in [-0.4, -0.2) is 18.0 Å². The van der Waals surface area contributed by atoms with Gasteiger partial charge < -0.3 is 9.64 Å². The van der Waals surface area contributed by atoms with E-state index in [1.807, 2.05) is 0 Å². The highest BCUT2D eigenvalue weighted by molar-refractivity contribution is 5.96. The van der Waals surface area contributed by atoms with Crippen molar-refractivity contribution < 1.29 is 4.74 Å². The van der Waals surface area contributed by atoms with Gasteiger partial charge in [-0.3, -0.25) is 0 Å². The molecule has 60 heavy (non-hydrogen) atoms. The molecule has 1 fully saturated rings. The third kappa shape index (κ3) is 6.98. The highest BCUT2D eigenvalue weighted by Crippen LogP contribution is 2.48. The number of hydrogen-bond acceptors (Lipinski definition) is 3. The summed E-state index contributed by atoms with van der Waals surface area (Å²) < 4.78 is 6.66. The molecular formula is C57H48N2O. The van der Waals surface area contributed by atoms with E-state index in [1.54, 1.807) is 0 Å².